The first kappa shape index (κ1) is 22.2. The second-order valence-corrected chi connectivity index (χ2v) is 6.66. The predicted molar refractivity (Wildman–Crippen MR) is 120 cm³/mol. The molecular formula is C22H23N7O3. The van der Waals surface area contributed by atoms with Crippen molar-refractivity contribution in [3.05, 3.63) is 72.6 Å². The molecule has 3 rings (SSSR count). The molecule has 0 aliphatic carbocycles. The van der Waals surface area contributed by atoms with Crippen molar-refractivity contribution in [2.75, 3.05) is 23.7 Å². The van der Waals surface area contributed by atoms with Crippen LogP contribution in [-0.4, -0.2) is 41.3 Å². The third-order valence-electron chi connectivity index (χ3n) is 4.19. The monoisotopic (exact) mass is 433 g/mol. The summed E-state index contributed by atoms with van der Waals surface area (Å²) >= 11 is 0. The molecule has 0 aliphatic rings. The third kappa shape index (κ3) is 7.41. The van der Waals surface area contributed by atoms with Crippen LogP contribution in [0.3, 0.4) is 0 Å². The topological polar surface area (TPSA) is 137 Å². The average molecular weight is 433 g/mol. The van der Waals surface area contributed by atoms with E-state index < -0.39 is 5.91 Å². The van der Waals surface area contributed by atoms with Gasteiger partial charge in [0.2, 0.25) is 18.2 Å². The maximum atomic E-state index is 11.9. The highest BCUT2D eigenvalue weighted by Gasteiger charge is 2.06. The minimum absolute atomic E-state index is 0.171. The summed E-state index contributed by atoms with van der Waals surface area (Å²) in [5.41, 5.74) is 2.59. The van der Waals surface area contributed by atoms with E-state index in [4.69, 9.17) is 0 Å². The fourth-order valence-electron chi connectivity index (χ4n) is 2.71. The van der Waals surface area contributed by atoms with Gasteiger partial charge in [-0.05, 0) is 29.8 Å². The largest absolute Gasteiger partial charge is 0.350 e. The maximum Gasteiger partial charge on any atom is 0.239 e. The van der Waals surface area contributed by atoms with Crippen LogP contribution in [0.25, 0.3) is 0 Å². The zero-order chi connectivity index (χ0) is 22.6. The molecule has 0 saturated heterocycles. The van der Waals surface area contributed by atoms with Crippen molar-refractivity contribution in [1.82, 2.24) is 25.9 Å². The summed E-state index contributed by atoms with van der Waals surface area (Å²) in [4.78, 5) is 41.9. The van der Waals surface area contributed by atoms with E-state index in [1.165, 1.54) is 6.33 Å². The molecule has 0 fully saturated rings. The number of benzene rings is 2. The highest BCUT2D eigenvalue weighted by atomic mass is 16.2. The van der Waals surface area contributed by atoms with Gasteiger partial charge in [0.05, 0.1) is 13.1 Å². The summed E-state index contributed by atoms with van der Waals surface area (Å²) in [5, 5.41) is 13.8. The molecule has 32 heavy (non-hydrogen) atoms. The number of carbonyl (C=O) groups is 3. The fourth-order valence-corrected chi connectivity index (χ4v) is 2.71. The van der Waals surface area contributed by atoms with E-state index in [0.717, 1.165) is 16.9 Å². The molecule has 0 bridgehead atoms. The van der Waals surface area contributed by atoms with Gasteiger partial charge in [0.1, 0.15) is 18.0 Å². The minimum atomic E-state index is -0.440. The first-order valence-corrected chi connectivity index (χ1v) is 9.83. The lowest BCUT2D eigenvalue weighted by Crippen LogP contribution is -2.40. The van der Waals surface area contributed by atoms with Crippen molar-refractivity contribution in [2.24, 2.45) is 0 Å². The van der Waals surface area contributed by atoms with Crippen LogP contribution >= 0.6 is 0 Å². The first-order valence-electron chi connectivity index (χ1n) is 9.83. The van der Waals surface area contributed by atoms with Crippen molar-refractivity contribution in [3.63, 3.8) is 0 Å². The van der Waals surface area contributed by atoms with Crippen molar-refractivity contribution in [2.45, 2.75) is 6.54 Å². The Morgan fingerprint density at radius 3 is 2.22 bits per heavy atom. The van der Waals surface area contributed by atoms with Gasteiger partial charge in [0, 0.05) is 24.0 Å². The highest BCUT2D eigenvalue weighted by Crippen LogP contribution is 2.19. The number of nitrogens with one attached hydrogen (secondary N) is 5. The van der Waals surface area contributed by atoms with Crippen LogP contribution in [-0.2, 0) is 20.9 Å². The van der Waals surface area contributed by atoms with Crippen molar-refractivity contribution < 1.29 is 14.4 Å². The Morgan fingerprint density at radius 2 is 1.47 bits per heavy atom. The van der Waals surface area contributed by atoms with Crippen molar-refractivity contribution >= 4 is 41.2 Å². The van der Waals surface area contributed by atoms with Gasteiger partial charge in [-0.25, -0.2) is 9.97 Å². The van der Waals surface area contributed by atoms with Gasteiger partial charge in [-0.3, -0.25) is 14.4 Å². The zero-order valence-corrected chi connectivity index (χ0v) is 17.2. The number of anilines is 4. The maximum absolute atomic E-state index is 11.9. The molecule has 3 aromatic rings. The summed E-state index contributed by atoms with van der Waals surface area (Å²) in [7, 11) is 0. The number of amides is 3. The second kappa shape index (κ2) is 11.6. The van der Waals surface area contributed by atoms with Crippen LogP contribution in [0.1, 0.15) is 5.56 Å². The molecule has 10 nitrogen and oxygen atoms in total. The Balaban J connectivity index is 1.51. The standard InChI is InChI=1S/C22H23N7O3/c30-15-23-12-21(31)25-13-22(32)24-11-16-5-4-8-18(9-16)29-20-10-19(26-14-27-20)28-17-6-2-1-3-7-17/h1-10,14-15H,11-13H2,(H,23,30)(H,24,32)(H,25,31)(H2,26,27,28,29). The van der Waals surface area contributed by atoms with E-state index in [9.17, 15) is 14.4 Å². The lowest BCUT2D eigenvalue weighted by Gasteiger charge is -2.11. The molecule has 1 aromatic heterocycles. The average Bonchev–Trinajstić information content (AvgIpc) is 2.81. The molecule has 10 heteroatoms. The van der Waals surface area contributed by atoms with E-state index in [2.05, 4.69) is 36.6 Å². The van der Waals surface area contributed by atoms with E-state index in [1.807, 2.05) is 54.6 Å². The van der Waals surface area contributed by atoms with Crippen LogP contribution in [0.15, 0.2) is 67.0 Å². The lowest BCUT2D eigenvalue weighted by atomic mass is 10.2. The van der Waals surface area contributed by atoms with Gasteiger partial charge in [-0.2, -0.15) is 0 Å². The predicted octanol–water partition coefficient (Wildman–Crippen LogP) is 1.44. The molecule has 0 aliphatic heterocycles. The Labute approximate surface area is 184 Å². The van der Waals surface area contributed by atoms with Crippen LogP contribution in [0.2, 0.25) is 0 Å². The minimum Gasteiger partial charge on any atom is -0.350 e. The molecule has 0 unspecified atom stereocenters. The number of hydrogen-bond donors (Lipinski definition) is 5. The van der Waals surface area contributed by atoms with E-state index in [0.29, 0.717) is 24.6 Å². The first-order chi connectivity index (χ1) is 15.6. The van der Waals surface area contributed by atoms with Crippen LogP contribution in [0, 0.1) is 0 Å². The number of para-hydroxylation sites is 1. The highest BCUT2D eigenvalue weighted by molar-refractivity contribution is 5.86. The van der Waals surface area contributed by atoms with Crippen molar-refractivity contribution in [3.8, 4) is 0 Å². The van der Waals surface area contributed by atoms with E-state index >= 15 is 0 Å². The van der Waals surface area contributed by atoms with E-state index in [-0.39, 0.29) is 19.0 Å². The van der Waals surface area contributed by atoms with Gasteiger partial charge in [-0.1, -0.05) is 30.3 Å². The molecule has 1 heterocycles. The smallest absolute Gasteiger partial charge is 0.239 e. The molecule has 2 aromatic carbocycles. The van der Waals surface area contributed by atoms with Gasteiger partial charge < -0.3 is 26.6 Å². The molecule has 5 N–H and O–H groups in total. The normalized spacial score (nSPS) is 10.0. The third-order valence-corrected chi connectivity index (χ3v) is 4.19. The molecule has 3 amide bonds. The van der Waals surface area contributed by atoms with Gasteiger partial charge in [0.25, 0.3) is 0 Å². The van der Waals surface area contributed by atoms with E-state index in [1.54, 1.807) is 6.07 Å². The quantitative estimate of drug-likeness (QED) is 0.289. The van der Waals surface area contributed by atoms with Crippen LogP contribution in [0.4, 0.5) is 23.0 Å². The molecular weight excluding hydrogens is 410 g/mol. The Kier molecular flexibility index (Phi) is 8.09. The SMILES string of the molecule is O=CNCC(=O)NCC(=O)NCc1cccc(Nc2cc(Nc3ccccc3)ncn2)c1. The number of hydrogen-bond acceptors (Lipinski definition) is 7. The second-order valence-electron chi connectivity index (χ2n) is 6.66. The molecule has 0 atom stereocenters. The summed E-state index contributed by atoms with van der Waals surface area (Å²) < 4.78 is 0. The summed E-state index contributed by atoms with van der Waals surface area (Å²) in [6.07, 6.45) is 1.89. The van der Waals surface area contributed by atoms with Crippen LogP contribution in [0.5, 0.6) is 0 Å². The Hall–Kier alpha value is -4.47. The van der Waals surface area contributed by atoms with Gasteiger partial charge in [-0.15, -0.1) is 0 Å². The molecule has 0 saturated carbocycles. The van der Waals surface area contributed by atoms with Crippen LogP contribution < -0.4 is 26.6 Å². The Morgan fingerprint density at radius 1 is 0.781 bits per heavy atom. The molecule has 164 valence electrons. The zero-order valence-electron chi connectivity index (χ0n) is 17.2. The number of rotatable bonds is 11. The summed E-state index contributed by atoms with van der Waals surface area (Å²) in [6, 6.07) is 19.0. The Bertz CT molecular complexity index is 1060. The molecule has 0 radical (unpaired) electrons. The summed E-state index contributed by atoms with van der Waals surface area (Å²) in [5.74, 6) is 0.494. The summed E-state index contributed by atoms with van der Waals surface area (Å²) in [6.45, 7) is -0.0487. The number of carbonyl (C=O) groups excluding carboxylic acids is 3. The van der Waals surface area contributed by atoms with Crippen molar-refractivity contribution in [1.29, 1.82) is 0 Å². The van der Waals surface area contributed by atoms with Gasteiger partial charge in [0.15, 0.2) is 0 Å². The number of aromatic nitrogens is 2. The molecule has 0 spiro atoms. The van der Waals surface area contributed by atoms with Gasteiger partial charge >= 0.3 is 0 Å². The lowest BCUT2D eigenvalue weighted by molar-refractivity contribution is -0.126. The number of nitrogens with zero attached hydrogens (tertiary/aromatic N) is 2. The fraction of sp³-hybridized carbons (Fsp3) is 0.136.